The number of rotatable bonds is 5. The second-order valence-electron chi connectivity index (χ2n) is 8.54. The molecule has 1 aromatic rings. The van der Waals surface area contributed by atoms with Crippen LogP contribution >= 0.6 is 0 Å². The van der Waals surface area contributed by atoms with Crippen molar-refractivity contribution in [2.75, 3.05) is 14.1 Å². The summed E-state index contributed by atoms with van der Waals surface area (Å²) in [4.78, 5) is 0.175. The highest BCUT2D eigenvalue weighted by Gasteiger charge is 2.61. The number of hydrogen-bond acceptors (Lipinski definition) is 4. The number of hydrogen-bond donors (Lipinski definition) is 1. The molecule has 3 rings (SSSR count). The average molecular weight is 401 g/mol. The van der Waals surface area contributed by atoms with E-state index >= 15 is 0 Å². The van der Waals surface area contributed by atoms with E-state index in [1.807, 2.05) is 0 Å². The molecule has 6 nitrogen and oxygen atoms in total. The zero-order valence-corrected chi connectivity index (χ0v) is 17.6. The quantitative estimate of drug-likeness (QED) is 0.823. The molecule has 0 amide bonds. The third-order valence-corrected chi connectivity index (χ3v) is 10.3. The highest BCUT2D eigenvalue weighted by molar-refractivity contribution is 7.89. The molecule has 0 spiro atoms. The lowest BCUT2D eigenvalue weighted by Crippen LogP contribution is -2.46. The fraction of sp³-hybridized carbons (Fsp3) is 0.667. The minimum absolute atomic E-state index is 0.0566. The summed E-state index contributed by atoms with van der Waals surface area (Å²) < 4.78 is 53.9. The van der Waals surface area contributed by atoms with Gasteiger partial charge in [-0.25, -0.2) is 25.9 Å². The van der Waals surface area contributed by atoms with Crippen molar-refractivity contribution in [1.82, 2.24) is 9.03 Å². The van der Waals surface area contributed by atoms with Crippen LogP contribution in [-0.4, -0.2) is 41.3 Å². The standard InChI is InChI=1S/C18H28N2O4S2/c1-17(2)13-10-11-18(17,3)16(12-13)19-25(21,22)14-6-8-15(9-7-14)26(23,24)20(4)5/h6-9,13,16,19H,10-12H2,1-5H3/t13-,16-,18-/m1/s1. The summed E-state index contributed by atoms with van der Waals surface area (Å²) in [6, 6.07) is 5.32. The van der Waals surface area contributed by atoms with Gasteiger partial charge in [-0.3, -0.25) is 0 Å². The predicted molar refractivity (Wildman–Crippen MR) is 101 cm³/mol. The van der Waals surface area contributed by atoms with E-state index in [9.17, 15) is 16.8 Å². The molecule has 1 aromatic carbocycles. The van der Waals surface area contributed by atoms with Gasteiger partial charge in [0, 0.05) is 20.1 Å². The summed E-state index contributed by atoms with van der Waals surface area (Å²) in [6.45, 7) is 6.65. The summed E-state index contributed by atoms with van der Waals surface area (Å²) >= 11 is 0. The molecule has 2 fully saturated rings. The van der Waals surface area contributed by atoms with E-state index in [1.165, 1.54) is 38.4 Å². The molecule has 0 aromatic heterocycles. The monoisotopic (exact) mass is 400 g/mol. The summed E-state index contributed by atoms with van der Waals surface area (Å²) in [5, 5.41) is 0. The minimum Gasteiger partial charge on any atom is -0.207 e. The lowest BCUT2D eigenvalue weighted by molar-refractivity contribution is 0.130. The van der Waals surface area contributed by atoms with Crippen LogP contribution in [0.4, 0.5) is 0 Å². The van der Waals surface area contributed by atoms with Crippen LogP contribution in [0.1, 0.15) is 40.0 Å². The van der Waals surface area contributed by atoms with Crippen LogP contribution < -0.4 is 4.72 Å². The molecule has 2 saturated carbocycles. The summed E-state index contributed by atoms with van der Waals surface area (Å²) in [6.07, 6.45) is 3.03. The Morgan fingerprint density at radius 1 is 1.00 bits per heavy atom. The van der Waals surface area contributed by atoms with Crippen molar-refractivity contribution >= 4 is 20.0 Å². The first-order chi connectivity index (χ1) is 11.8. The number of nitrogens with zero attached hydrogens (tertiary/aromatic N) is 1. The van der Waals surface area contributed by atoms with Gasteiger partial charge >= 0.3 is 0 Å². The zero-order valence-electron chi connectivity index (χ0n) is 16.0. The normalized spacial score (nSPS) is 30.8. The molecule has 2 aliphatic carbocycles. The van der Waals surface area contributed by atoms with Gasteiger partial charge < -0.3 is 0 Å². The van der Waals surface area contributed by atoms with Crippen molar-refractivity contribution < 1.29 is 16.8 Å². The fourth-order valence-electron chi connectivity index (χ4n) is 4.64. The Labute approximate surface area is 157 Å². The van der Waals surface area contributed by atoms with E-state index in [1.54, 1.807) is 0 Å². The molecule has 0 aliphatic heterocycles. The van der Waals surface area contributed by atoms with Crippen molar-refractivity contribution in [2.24, 2.45) is 16.7 Å². The first-order valence-corrected chi connectivity index (χ1v) is 11.8. The number of nitrogens with one attached hydrogen (secondary N) is 1. The van der Waals surface area contributed by atoms with Crippen molar-refractivity contribution in [3.8, 4) is 0 Å². The maximum absolute atomic E-state index is 12.8. The maximum atomic E-state index is 12.8. The Kier molecular flexibility index (Phi) is 4.58. The topological polar surface area (TPSA) is 83.6 Å². The van der Waals surface area contributed by atoms with Gasteiger partial charge in [-0.05, 0) is 60.3 Å². The first kappa shape index (κ1) is 19.8. The summed E-state index contributed by atoms with van der Waals surface area (Å²) in [7, 11) is -4.38. The van der Waals surface area contributed by atoms with Crippen LogP contribution in [0.15, 0.2) is 34.1 Å². The van der Waals surface area contributed by atoms with Gasteiger partial charge in [0.1, 0.15) is 0 Å². The molecule has 2 aliphatic rings. The largest absolute Gasteiger partial charge is 0.242 e. The van der Waals surface area contributed by atoms with Gasteiger partial charge in [0.2, 0.25) is 20.0 Å². The molecular formula is C18H28N2O4S2. The van der Waals surface area contributed by atoms with Gasteiger partial charge in [-0.15, -0.1) is 0 Å². The van der Waals surface area contributed by atoms with Gasteiger partial charge in [0.05, 0.1) is 9.79 Å². The molecule has 3 atom stereocenters. The van der Waals surface area contributed by atoms with Crippen LogP contribution in [0, 0.1) is 16.7 Å². The summed E-state index contributed by atoms with van der Waals surface area (Å²) in [5.41, 5.74) is 0.0583. The zero-order chi connectivity index (χ0) is 19.5. The molecule has 0 radical (unpaired) electrons. The molecule has 1 N–H and O–H groups in total. The van der Waals surface area contributed by atoms with Gasteiger partial charge in [0.15, 0.2) is 0 Å². The predicted octanol–water partition coefficient (Wildman–Crippen LogP) is 2.43. The van der Waals surface area contributed by atoms with E-state index in [4.69, 9.17) is 0 Å². The number of sulfonamides is 2. The highest BCUT2D eigenvalue weighted by Crippen LogP contribution is 2.65. The number of benzene rings is 1. The molecule has 146 valence electrons. The highest BCUT2D eigenvalue weighted by atomic mass is 32.2. The van der Waals surface area contributed by atoms with Crippen molar-refractivity contribution in [1.29, 1.82) is 0 Å². The van der Waals surface area contributed by atoms with Gasteiger partial charge in [-0.2, -0.15) is 0 Å². The Morgan fingerprint density at radius 2 is 1.54 bits per heavy atom. The third-order valence-electron chi connectivity index (χ3n) is 7.00. The molecule has 0 unspecified atom stereocenters. The second kappa shape index (κ2) is 6.02. The Balaban J connectivity index is 1.84. The third kappa shape index (κ3) is 2.82. The Hall–Kier alpha value is -0.960. The molecule has 8 heteroatoms. The van der Waals surface area contributed by atoms with E-state index in [0.717, 1.165) is 23.6 Å². The van der Waals surface area contributed by atoms with Crippen molar-refractivity contribution in [3.63, 3.8) is 0 Å². The molecule has 0 heterocycles. The van der Waals surface area contributed by atoms with Crippen LogP contribution in [0.2, 0.25) is 0 Å². The molecule has 26 heavy (non-hydrogen) atoms. The second-order valence-corrected chi connectivity index (χ2v) is 12.4. The number of fused-ring (bicyclic) bond motifs is 2. The van der Waals surface area contributed by atoms with Crippen LogP contribution in [0.25, 0.3) is 0 Å². The maximum Gasteiger partial charge on any atom is 0.242 e. The Bertz CT molecular complexity index is 905. The first-order valence-electron chi connectivity index (χ1n) is 8.87. The fourth-order valence-corrected chi connectivity index (χ4v) is 6.90. The van der Waals surface area contributed by atoms with Crippen LogP contribution in [-0.2, 0) is 20.0 Å². The smallest absolute Gasteiger partial charge is 0.207 e. The van der Waals surface area contributed by atoms with Crippen molar-refractivity contribution in [3.05, 3.63) is 24.3 Å². The van der Waals surface area contributed by atoms with E-state index in [2.05, 4.69) is 25.5 Å². The SMILES string of the molecule is CN(C)S(=O)(=O)c1ccc(S(=O)(=O)N[C@@H]2C[C@H]3CC[C@@]2(C)C3(C)C)cc1. The lowest BCUT2D eigenvalue weighted by atomic mass is 9.69. The van der Waals surface area contributed by atoms with Gasteiger partial charge in [0.25, 0.3) is 0 Å². The van der Waals surface area contributed by atoms with E-state index < -0.39 is 20.0 Å². The van der Waals surface area contributed by atoms with Crippen molar-refractivity contribution in [2.45, 2.75) is 55.9 Å². The minimum atomic E-state index is -3.70. The van der Waals surface area contributed by atoms with E-state index in [0.29, 0.717) is 5.92 Å². The Morgan fingerprint density at radius 3 is 1.96 bits per heavy atom. The lowest BCUT2D eigenvalue weighted by Gasteiger charge is -2.39. The summed E-state index contributed by atoms with van der Waals surface area (Å²) in [5.74, 6) is 0.535. The van der Waals surface area contributed by atoms with E-state index in [-0.39, 0.29) is 26.7 Å². The average Bonchev–Trinajstić information content (AvgIpc) is 2.88. The molecule has 2 bridgehead atoms. The van der Waals surface area contributed by atoms with Crippen LogP contribution in [0.5, 0.6) is 0 Å². The molecular weight excluding hydrogens is 372 g/mol. The van der Waals surface area contributed by atoms with Crippen LogP contribution in [0.3, 0.4) is 0 Å². The molecule has 0 saturated heterocycles. The van der Waals surface area contributed by atoms with Gasteiger partial charge in [-0.1, -0.05) is 20.8 Å².